The summed E-state index contributed by atoms with van der Waals surface area (Å²) in [6.07, 6.45) is 0.515. The Hall–Kier alpha value is -1.10. The number of hydrogen-bond donors (Lipinski definition) is 1. The van der Waals surface area contributed by atoms with Gasteiger partial charge in [0.15, 0.2) is 0 Å². The van der Waals surface area contributed by atoms with Crippen LogP contribution in [0.3, 0.4) is 0 Å². The van der Waals surface area contributed by atoms with E-state index in [4.69, 9.17) is 5.73 Å². The molecule has 1 rings (SSSR count). The first-order chi connectivity index (χ1) is 6.85. The predicted molar refractivity (Wildman–Crippen MR) is 55.0 cm³/mol. The van der Waals surface area contributed by atoms with Crippen molar-refractivity contribution in [3.8, 4) is 0 Å². The zero-order valence-corrected chi connectivity index (χ0v) is 9.45. The van der Waals surface area contributed by atoms with Crippen LogP contribution in [0, 0.1) is 5.41 Å². The average Bonchev–Trinajstić information content (AvgIpc) is 2.38. The number of amides is 1. The third kappa shape index (κ3) is 2.92. The molecule has 0 bridgehead atoms. The van der Waals surface area contributed by atoms with Crippen LogP contribution in [0.2, 0.25) is 0 Å². The second-order valence-corrected chi connectivity index (χ2v) is 4.74. The largest absolute Gasteiger partial charge is 0.468 e. The molecule has 5 heteroatoms. The van der Waals surface area contributed by atoms with Crippen LogP contribution in [-0.2, 0) is 14.3 Å². The van der Waals surface area contributed by atoms with Crippen LogP contribution >= 0.6 is 0 Å². The summed E-state index contributed by atoms with van der Waals surface area (Å²) in [5.74, 6) is -0.424. The Kier molecular flexibility index (Phi) is 3.34. The summed E-state index contributed by atoms with van der Waals surface area (Å²) < 4.78 is 4.51. The minimum atomic E-state index is -0.743. The first-order valence-corrected chi connectivity index (χ1v) is 4.97. The van der Waals surface area contributed by atoms with Crippen molar-refractivity contribution in [2.75, 3.05) is 20.2 Å². The van der Waals surface area contributed by atoms with E-state index in [1.54, 1.807) is 4.90 Å². The molecule has 0 aliphatic carbocycles. The Labute approximate surface area is 89.6 Å². The summed E-state index contributed by atoms with van der Waals surface area (Å²) in [5, 5.41) is 0. The third-order valence-electron chi connectivity index (χ3n) is 2.52. The van der Waals surface area contributed by atoms with E-state index >= 15 is 0 Å². The molecule has 15 heavy (non-hydrogen) atoms. The van der Waals surface area contributed by atoms with Crippen LogP contribution in [-0.4, -0.2) is 43.0 Å². The molecule has 5 nitrogen and oxygen atoms in total. The van der Waals surface area contributed by atoms with Gasteiger partial charge in [0.25, 0.3) is 0 Å². The second kappa shape index (κ2) is 4.18. The highest BCUT2D eigenvalue weighted by Gasteiger charge is 2.36. The molecule has 1 aliphatic rings. The van der Waals surface area contributed by atoms with E-state index in [2.05, 4.69) is 4.74 Å². The molecule has 0 aromatic carbocycles. The maximum Gasteiger partial charge on any atom is 0.324 e. The number of ether oxygens (including phenoxy) is 1. The van der Waals surface area contributed by atoms with Crippen molar-refractivity contribution >= 4 is 11.9 Å². The highest BCUT2D eigenvalue weighted by atomic mass is 16.5. The van der Waals surface area contributed by atoms with Crippen LogP contribution in [0.15, 0.2) is 0 Å². The molecule has 1 aliphatic heterocycles. The Morgan fingerprint density at radius 1 is 1.67 bits per heavy atom. The number of methoxy groups -OCH3 is 1. The lowest BCUT2D eigenvalue weighted by Gasteiger charge is -2.21. The van der Waals surface area contributed by atoms with Crippen molar-refractivity contribution in [1.82, 2.24) is 4.90 Å². The number of rotatable bonds is 3. The van der Waals surface area contributed by atoms with Crippen LogP contribution in [0.4, 0.5) is 0 Å². The maximum atomic E-state index is 11.6. The highest BCUT2D eigenvalue weighted by molar-refractivity contribution is 5.81. The van der Waals surface area contributed by atoms with Crippen molar-refractivity contribution in [2.45, 2.75) is 26.3 Å². The lowest BCUT2D eigenvalue weighted by atomic mass is 9.93. The Balaban J connectivity index is 2.53. The van der Waals surface area contributed by atoms with Gasteiger partial charge in [0.1, 0.15) is 6.04 Å². The molecule has 0 radical (unpaired) electrons. The van der Waals surface area contributed by atoms with Gasteiger partial charge in [0.2, 0.25) is 5.91 Å². The van der Waals surface area contributed by atoms with E-state index in [1.807, 2.05) is 13.8 Å². The van der Waals surface area contributed by atoms with Crippen LogP contribution < -0.4 is 5.73 Å². The maximum absolute atomic E-state index is 11.6. The number of nitrogens with zero attached hydrogens (tertiary/aromatic N) is 1. The van der Waals surface area contributed by atoms with E-state index in [0.29, 0.717) is 13.0 Å². The molecule has 1 heterocycles. The monoisotopic (exact) mass is 214 g/mol. The molecular weight excluding hydrogens is 196 g/mol. The van der Waals surface area contributed by atoms with Crippen LogP contribution in [0.5, 0.6) is 0 Å². The first-order valence-electron chi connectivity index (χ1n) is 4.97. The van der Waals surface area contributed by atoms with E-state index < -0.39 is 12.0 Å². The molecule has 1 atom stereocenters. The van der Waals surface area contributed by atoms with E-state index in [-0.39, 0.29) is 17.9 Å². The minimum Gasteiger partial charge on any atom is -0.468 e. The van der Waals surface area contributed by atoms with Gasteiger partial charge in [-0.15, -0.1) is 0 Å². The molecule has 1 amide bonds. The number of likely N-dealkylation sites (tertiary alicyclic amines) is 1. The molecule has 0 aromatic heterocycles. The Bertz CT molecular complexity index is 276. The van der Waals surface area contributed by atoms with Gasteiger partial charge < -0.3 is 15.4 Å². The Morgan fingerprint density at radius 2 is 2.27 bits per heavy atom. The van der Waals surface area contributed by atoms with Gasteiger partial charge >= 0.3 is 5.97 Å². The standard InChI is InChI=1S/C10H18N2O3/c1-10(2)4-8(13)12(6-10)5-7(11)9(14)15-3/h7H,4-6,11H2,1-3H3. The van der Waals surface area contributed by atoms with Gasteiger partial charge in [-0.1, -0.05) is 13.8 Å². The number of hydrogen-bond acceptors (Lipinski definition) is 4. The molecule has 2 N–H and O–H groups in total. The fraction of sp³-hybridized carbons (Fsp3) is 0.800. The summed E-state index contributed by atoms with van der Waals surface area (Å²) in [4.78, 5) is 24.3. The number of nitrogens with two attached hydrogens (primary N) is 1. The van der Waals surface area contributed by atoms with Crippen LogP contribution in [0.25, 0.3) is 0 Å². The van der Waals surface area contributed by atoms with Crippen LogP contribution in [0.1, 0.15) is 20.3 Å². The molecule has 1 unspecified atom stereocenters. The fourth-order valence-electron chi connectivity index (χ4n) is 1.81. The SMILES string of the molecule is COC(=O)C(N)CN1CC(C)(C)CC1=O. The molecule has 86 valence electrons. The van der Waals surface area contributed by atoms with E-state index in [9.17, 15) is 9.59 Å². The van der Waals surface area contributed by atoms with Gasteiger partial charge in [0.05, 0.1) is 7.11 Å². The summed E-state index contributed by atoms with van der Waals surface area (Å²) >= 11 is 0. The summed E-state index contributed by atoms with van der Waals surface area (Å²) in [6, 6.07) is -0.743. The highest BCUT2D eigenvalue weighted by Crippen LogP contribution is 2.29. The first kappa shape index (κ1) is 12.0. The lowest BCUT2D eigenvalue weighted by Crippen LogP contribution is -2.44. The van der Waals surface area contributed by atoms with Crippen molar-refractivity contribution in [2.24, 2.45) is 11.1 Å². The van der Waals surface area contributed by atoms with E-state index in [0.717, 1.165) is 0 Å². The van der Waals surface area contributed by atoms with Gasteiger partial charge in [-0.3, -0.25) is 9.59 Å². The molecule has 1 saturated heterocycles. The smallest absolute Gasteiger partial charge is 0.324 e. The molecule has 0 saturated carbocycles. The van der Waals surface area contributed by atoms with Crippen molar-refractivity contribution in [3.63, 3.8) is 0 Å². The van der Waals surface area contributed by atoms with Crippen molar-refractivity contribution in [1.29, 1.82) is 0 Å². The molecular formula is C10H18N2O3. The quantitative estimate of drug-likeness (QED) is 0.657. The molecule has 0 aromatic rings. The number of carbonyl (C=O) groups is 2. The second-order valence-electron chi connectivity index (χ2n) is 4.74. The topological polar surface area (TPSA) is 72.6 Å². The van der Waals surface area contributed by atoms with Gasteiger partial charge in [-0.25, -0.2) is 0 Å². The van der Waals surface area contributed by atoms with Gasteiger partial charge in [-0.2, -0.15) is 0 Å². The van der Waals surface area contributed by atoms with Gasteiger partial charge in [-0.05, 0) is 5.41 Å². The number of esters is 1. The van der Waals surface area contributed by atoms with Crippen molar-refractivity contribution < 1.29 is 14.3 Å². The summed E-state index contributed by atoms with van der Waals surface area (Å²) in [7, 11) is 1.29. The zero-order valence-electron chi connectivity index (χ0n) is 9.45. The number of carbonyl (C=O) groups excluding carboxylic acids is 2. The summed E-state index contributed by atoms with van der Waals surface area (Å²) in [5.41, 5.74) is 5.57. The minimum absolute atomic E-state index is 0.0209. The molecule has 0 spiro atoms. The zero-order chi connectivity index (χ0) is 11.6. The van der Waals surface area contributed by atoms with E-state index in [1.165, 1.54) is 7.11 Å². The normalized spacial score (nSPS) is 21.6. The average molecular weight is 214 g/mol. The summed E-state index contributed by atoms with van der Waals surface area (Å²) in [6.45, 7) is 4.94. The lowest BCUT2D eigenvalue weighted by molar-refractivity contribution is -0.143. The predicted octanol–water partition coefficient (Wildman–Crippen LogP) is -0.255. The Morgan fingerprint density at radius 3 is 2.67 bits per heavy atom. The fourth-order valence-corrected chi connectivity index (χ4v) is 1.81. The van der Waals surface area contributed by atoms with Gasteiger partial charge in [0, 0.05) is 19.5 Å². The molecule has 1 fully saturated rings. The van der Waals surface area contributed by atoms with Crippen molar-refractivity contribution in [3.05, 3.63) is 0 Å². The third-order valence-corrected chi connectivity index (χ3v) is 2.52.